The zero-order valence-electron chi connectivity index (χ0n) is 21.7. The van der Waals surface area contributed by atoms with Crippen LogP contribution in [0.1, 0.15) is 89.4 Å². The van der Waals surface area contributed by atoms with Crippen LogP contribution in [0.3, 0.4) is 0 Å². The second kappa shape index (κ2) is 18.5. The molecule has 0 radical (unpaired) electrons. The zero-order valence-corrected chi connectivity index (χ0v) is 24.2. The van der Waals surface area contributed by atoms with E-state index in [1.54, 1.807) is 18.2 Å². The van der Waals surface area contributed by atoms with E-state index in [1.165, 1.54) is 32.1 Å². The van der Waals surface area contributed by atoms with Crippen LogP contribution in [-0.4, -0.2) is 37.6 Å². The molecular weight excluding hydrogens is 505 g/mol. The number of rotatable bonds is 17. The van der Waals surface area contributed by atoms with Crippen LogP contribution in [0, 0.1) is 11.8 Å². The molecule has 0 bridgehead atoms. The van der Waals surface area contributed by atoms with Gasteiger partial charge in [-0.25, -0.2) is 0 Å². The van der Waals surface area contributed by atoms with E-state index in [9.17, 15) is 4.79 Å². The van der Waals surface area contributed by atoms with E-state index < -0.39 is 0 Å². The molecule has 0 aliphatic rings. The van der Waals surface area contributed by atoms with Crippen molar-refractivity contribution in [3.05, 3.63) is 52.0 Å². The standard InChI is InChI=1S/C29H41Cl2O3P.Li.H/c1-5-9-12-21(7-3)19-33-23-16-17-27(26(18-23)34-20-22(8-4)13-10-6-2)35-29(32)28-24(30)14-11-15-25(28)31;;/h11,14-18,21-22,35H,5-10,12-13,19-20H2,1-4H3;;. The fraction of sp³-hybridized carbons (Fsp3) is 0.552. The van der Waals surface area contributed by atoms with E-state index in [1.807, 2.05) is 18.2 Å². The molecule has 2 rings (SSSR count). The van der Waals surface area contributed by atoms with E-state index in [0.717, 1.165) is 30.3 Å². The Balaban J connectivity index is 0.00000648. The molecule has 7 heteroatoms. The third-order valence-electron chi connectivity index (χ3n) is 6.44. The average Bonchev–Trinajstić information content (AvgIpc) is 2.85. The summed E-state index contributed by atoms with van der Waals surface area (Å²) in [6, 6.07) is 11.0. The van der Waals surface area contributed by atoms with Crippen molar-refractivity contribution >= 4 is 61.5 Å². The summed E-state index contributed by atoms with van der Waals surface area (Å²) in [6.45, 7) is 10.2. The van der Waals surface area contributed by atoms with Crippen molar-refractivity contribution in [2.45, 2.75) is 79.1 Å². The number of hydrogen-bond donors (Lipinski definition) is 0. The molecule has 0 aliphatic carbocycles. The van der Waals surface area contributed by atoms with Gasteiger partial charge in [0, 0.05) is 11.4 Å². The number of carbonyl (C=O) groups excluding carboxylic acids is 1. The third-order valence-corrected chi connectivity index (χ3v) is 8.23. The Morgan fingerprint density at radius 1 is 0.861 bits per heavy atom. The molecule has 0 amide bonds. The van der Waals surface area contributed by atoms with E-state index in [-0.39, 0.29) is 33.0 Å². The molecule has 0 N–H and O–H groups in total. The van der Waals surface area contributed by atoms with Crippen LogP contribution in [0.15, 0.2) is 36.4 Å². The maximum atomic E-state index is 13.1. The molecule has 3 unspecified atom stereocenters. The van der Waals surface area contributed by atoms with E-state index >= 15 is 0 Å². The Labute approximate surface area is 242 Å². The number of unbranched alkanes of at least 4 members (excludes halogenated alkanes) is 2. The first-order valence-corrected chi connectivity index (χ1v) is 14.8. The normalized spacial score (nSPS) is 12.8. The molecule has 196 valence electrons. The fourth-order valence-electron chi connectivity index (χ4n) is 3.93. The first-order chi connectivity index (χ1) is 16.9. The number of benzene rings is 2. The molecule has 2 aromatic rings. The average molecular weight is 547 g/mol. The second-order valence-electron chi connectivity index (χ2n) is 9.16. The summed E-state index contributed by atoms with van der Waals surface area (Å²) >= 11 is 12.6. The Morgan fingerprint density at radius 3 is 1.94 bits per heavy atom. The summed E-state index contributed by atoms with van der Waals surface area (Å²) in [4.78, 5) is 13.1. The van der Waals surface area contributed by atoms with Crippen LogP contribution in [-0.2, 0) is 0 Å². The summed E-state index contributed by atoms with van der Waals surface area (Å²) in [6.07, 6.45) is 9.28. The zero-order chi connectivity index (χ0) is 25.6. The van der Waals surface area contributed by atoms with Crippen molar-refractivity contribution in [3.8, 4) is 11.5 Å². The number of carbonyl (C=O) groups is 1. The molecule has 0 aromatic heterocycles. The maximum absolute atomic E-state index is 13.1. The van der Waals surface area contributed by atoms with Crippen molar-refractivity contribution < 1.29 is 14.3 Å². The van der Waals surface area contributed by atoms with Crippen molar-refractivity contribution in [3.63, 3.8) is 0 Å². The van der Waals surface area contributed by atoms with Gasteiger partial charge < -0.3 is 9.47 Å². The van der Waals surface area contributed by atoms with Gasteiger partial charge >= 0.3 is 18.9 Å². The predicted octanol–water partition coefficient (Wildman–Crippen LogP) is 8.68. The minimum absolute atomic E-state index is 0. The van der Waals surface area contributed by atoms with Crippen LogP contribution < -0.4 is 14.8 Å². The molecule has 36 heavy (non-hydrogen) atoms. The summed E-state index contributed by atoms with van der Waals surface area (Å²) in [7, 11) is -0.142. The van der Waals surface area contributed by atoms with Crippen LogP contribution in [0.2, 0.25) is 10.0 Å². The van der Waals surface area contributed by atoms with Gasteiger partial charge in [-0.3, -0.25) is 4.79 Å². The Morgan fingerprint density at radius 2 is 1.42 bits per heavy atom. The summed E-state index contributed by atoms with van der Waals surface area (Å²) in [5.41, 5.74) is 0.277. The molecule has 3 nitrogen and oxygen atoms in total. The molecule has 0 spiro atoms. The van der Waals surface area contributed by atoms with Crippen LogP contribution >= 0.6 is 31.8 Å². The van der Waals surface area contributed by atoms with Gasteiger partial charge in [0.2, 0.25) is 0 Å². The SMILES string of the molecule is CCCCC(CC)COc1ccc(PC(=O)c2c(Cl)cccc2Cl)c(OCC(CC)CCCC)c1.[LiH]. The Bertz CT molecular complexity index is 905. The molecule has 0 saturated carbocycles. The second-order valence-corrected chi connectivity index (χ2v) is 11.2. The van der Waals surface area contributed by atoms with Crippen molar-refractivity contribution in [1.29, 1.82) is 0 Å². The van der Waals surface area contributed by atoms with E-state index in [2.05, 4.69) is 27.7 Å². The van der Waals surface area contributed by atoms with Crippen molar-refractivity contribution in [1.82, 2.24) is 0 Å². The minimum atomic E-state index is -0.142. The summed E-state index contributed by atoms with van der Waals surface area (Å²) in [5, 5.41) is 1.60. The van der Waals surface area contributed by atoms with Gasteiger partial charge in [-0.1, -0.05) is 95.5 Å². The monoisotopic (exact) mass is 546 g/mol. The van der Waals surface area contributed by atoms with Gasteiger partial charge in [0.15, 0.2) is 5.52 Å². The van der Waals surface area contributed by atoms with Gasteiger partial charge in [-0.2, -0.15) is 0 Å². The molecule has 2 aromatic carbocycles. The molecule has 0 aliphatic heterocycles. The molecule has 3 atom stereocenters. The molecule has 0 heterocycles. The summed E-state index contributed by atoms with van der Waals surface area (Å²) < 4.78 is 12.5. The quantitative estimate of drug-likeness (QED) is 0.147. The fourth-order valence-corrected chi connectivity index (χ4v) is 5.73. The predicted molar refractivity (Wildman–Crippen MR) is 160 cm³/mol. The van der Waals surface area contributed by atoms with Crippen molar-refractivity contribution in [2.24, 2.45) is 11.8 Å². The first-order valence-electron chi connectivity index (χ1n) is 13.1. The number of hydrogen-bond acceptors (Lipinski definition) is 3. The first kappa shape index (κ1) is 33.3. The number of halogens is 2. The molecule has 0 fully saturated rings. The van der Waals surface area contributed by atoms with Gasteiger partial charge in [0.05, 0.1) is 28.8 Å². The van der Waals surface area contributed by atoms with Gasteiger partial charge in [-0.15, -0.1) is 0 Å². The van der Waals surface area contributed by atoms with Gasteiger partial charge in [-0.05, 0) is 57.5 Å². The van der Waals surface area contributed by atoms with E-state index in [4.69, 9.17) is 32.7 Å². The van der Waals surface area contributed by atoms with E-state index in [0.29, 0.717) is 46.4 Å². The van der Waals surface area contributed by atoms with Crippen molar-refractivity contribution in [2.75, 3.05) is 13.2 Å². The van der Waals surface area contributed by atoms with Crippen LogP contribution in [0.5, 0.6) is 11.5 Å². The van der Waals surface area contributed by atoms with Crippen LogP contribution in [0.4, 0.5) is 0 Å². The third kappa shape index (κ3) is 11.0. The molecular formula is C29H42Cl2LiO3P. The Kier molecular flexibility index (Phi) is 17.2. The topological polar surface area (TPSA) is 35.5 Å². The Hall–Kier alpha value is -0.683. The van der Waals surface area contributed by atoms with Gasteiger partial charge in [0.1, 0.15) is 11.5 Å². The summed E-state index contributed by atoms with van der Waals surface area (Å²) in [5.74, 6) is 2.54. The van der Waals surface area contributed by atoms with Gasteiger partial charge in [0.25, 0.3) is 0 Å². The van der Waals surface area contributed by atoms with Crippen LogP contribution in [0.25, 0.3) is 0 Å². The number of ether oxygens (including phenoxy) is 2. The molecule has 0 saturated heterocycles.